The fraction of sp³-hybridized carbons (Fsp3) is 0.571. The number of benzene rings is 1. The molecule has 1 N–H and O–H groups in total. The molecule has 0 saturated heterocycles. The first-order valence-electron chi connectivity index (χ1n) is 6.20. The van der Waals surface area contributed by atoms with E-state index in [1.165, 1.54) is 24.8 Å². The Morgan fingerprint density at radius 2 is 2.12 bits per heavy atom. The summed E-state index contributed by atoms with van der Waals surface area (Å²) in [5.41, 5.74) is 2.43. The molecule has 0 bridgehead atoms. The van der Waals surface area contributed by atoms with Gasteiger partial charge in [0.05, 0.1) is 0 Å². The van der Waals surface area contributed by atoms with Crippen molar-refractivity contribution in [1.82, 2.24) is 5.32 Å². The van der Waals surface area contributed by atoms with Gasteiger partial charge in [-0.2, -0.15) is 0 Å². The largest absolute Gasteiger partial charge is 0.314 e. The van der Waals surface area contributed by atoms with E-state index in [4.69, 9.17) is 0 Å². The fourth-order valence-corrected chi connectivity index (χ4v) is 2.48. The monoisotopic (exact) mass is 221 g/mol. The van der Waals surface area contributed by atoms with Crippen LogP contribution in [0.25, 0.3) is 0 Å². The molecule has 1 fully saturated rings. The van der Waals surface area contributed by atoms with Gasteiger partial charge in [0.2, 0.25) is 0 Å². The van der Waals surface area contributed by atoms with Gasteiger partial charge >= 0.3 is 0 Å². The van der Waals surface area contributed by atoms with Crippen LogP contribution in [0.1, 0.15) is 43.2 Å². The van der Waals surface area contributed by atoms with Crippen LogP contribution in [0.15, 0.2) is 18.2 Å². The molecular weight excluding hydrogens is 201 g/mol. The first-order valence-corrected chi connectivity index (χ1v) is 6.20. The van der Waals surface area contributed by atoms with Crippen molar-refractivity contribution < 1.29 is 4.39 Å². The Morgan fingerprint density at radius 1 is 1.38 bits per heavy atom. The van der Waals surface area contributed by atoms with Crippen molar-refractivity contribution in [2.24, 2.45) is 0 Å². The van der Waals surface area contributed by atoms with E-state index in [1.54, 1.807) is 12.1 Å². The average molecular weight is 221 g/mol. The van der Waals surface area contributed by atoms with Crippen molar-refractivity contribution in [1.29, 1.82) is 0 Å². The first kappa shape index (κ1) is 11.6. The van der Waals surface area contributed by atoms with E-state index in [0.29, 0.717) is 12.0 Å². The Balaban J connectivity index is 1.91. The van der Waals surface area contributed by atoms with Crippen molar-refractivity contribution in [3.05, 3.63) is 35.1 Å². The second kappa shape index (κ2) is 4.96. The van der Waals surface area contributed by atoms with Crippen molar-refractivity contribution in [3.63, 3.8) is 0 Å². The highest BCUT2D eigenvalue weighted by Gasteiger charge is 2.30. The van der Waals surface area contributed by atoms with Gasteiger partial charge in [0, 0.05) is 6.04 Å². The zero-order chi connectivity index (χ0) is 11.5. The number of hydrogen-bond donors (Lipinski definition) is 1. The van der Waals surface area contributed by atoms with Gasteiger partial charge in [0.25, 0.3) is 0 Å². The molecule has 2 heteroatoms. The minimum Gasteiger partial charge on any atom is -0.314 e. The van der Waals surface area contributed by atoms with Crippen LogP contribution in [0.2, 0.25) is 0 Å². The third-order valence-corrected chi connectivity index (χ3v) is 3.49. The highest BCUT2D eigenvalue weighted by atomic mass is 19.1. The number of rotatable bonds is 4. The van der Waals surface area contributed by atoms with Crippen LogP contribution in [0.4, 0.5) is 4.39 Å². The minimum atomic E-state index is -0.124. The van der Waals surface area contributed by atoms with Crippen molar-refractivity contribution >= 4 is 0 Å². The minimum absolute atomic E-state index is 0.124. The maximum atomic E-state index is 13.0. The molecule has 0 aliphatic heterocycles. The maximum Gasteiger partial charge on any atom is 0.123 e. The van der Waals surface area contributed by atoms with Gasteiger partial charge in [0.1, 0.15) is 5.82 Å². The van der Waals surface area contributed by atoms with E-state index in [1.807, 2.05) is 13.0 Å². The Bertz CT molecular complexity index is 356. The fourth-order valence-electron chi connectivity index (χ4n) is 2.48. The predicted octanol–water partition coefficient (Wildman–Crippen LogP) is 3.38. The third kappa shape index (κ3) is 2.43. The van der Waals surface area contributed by atoms with Gasteiger partial charge in [0.15, 0.2) is 0 Å². The van der Waals surface area contributed by atoms with Gasteiger partial charge in [-0.1, -0.05) is 13.0 Å². The van der Waals surface area contributed by atoms with Gasteiger partial charge in [-0.05, 0) is 61.9 Å². The first-order chi connectivity index (χ1) is 7.70. The highest BCUT2D eigenvalue weighted by molar-refractivity contribution is 5.32. The lowest BCUT2D eigenvalue weighted by molar-refractivity contribution is 0.291. The van der Waals surface area contributed by atoms with Crippen molar-refractivity contribution in [2.45, 2.75) is 45.1 Å². The summed E-state index contributed by atoms with van der Waals surface area (Å²) in [4.78, 5) is 0. The molecule has 0 unspecified atom stereocenters. The number of aryl methyl sites for hydroxylation is 1. The molecule has 16 heavy (non-hydrogen) atoms. The zero-order valence-corrected chi connectivity index (χ0v) is 10.1. The zero-order valence-electron chi connectivity index (χ0n) is 10.1. The smallest absolute Gasteiger partial charge is 0.123 e. The van der Waals surface area contributed by atoms with E-state index in [-0.39, 0.29) is 5.82 Å². The Kier molecular flexibility index (Phi) is 3.59. The SMILES string of the molecule is CCCNC1CC(c2ccc(F)cc2C)C1. The molecular formula is C14H20FN. The van der Waals surface area contributed by atoms with Crippen molar-refractivity contribution in [3.8, 4) is 0 Å². The molecule has 2 rings (SSSR count). The van der Waals surface area contributed by atoms with Crippen LogP contribution in [-0.4, -0.2) is 12.6 Å². The summed E-state index contributed by atoms with van der Waals surface area (Å²) >= 11 is 0. The van der Waals surface area contributed by atoms with Crippen LogP contribution in [-0.2, 0) is 0 Å². The normalized spacial score (nSPS) is 24.2. The summed E-state index contributed by atoms with van der Waals surface area (Å²) in [7, 11) is 0. The summed E-state index contributed by atoms with van der Waals surface area (Å²) in [5.74, 6) is 0.510. The quantitative estimate of drug-likeness (QED) is 0.822. The number of halogens is 1. The summed E-state index contributed by atoms with van der Waals surface area (Å²) in [5, 5.41) is 3.53. The second-order valence-electron chi connectivity index (χ2n) is 4.82. The lowest BCUT2D eigenvalue weighted by Gasteiger charge is -2.37. The van der Waals surface area contributed by atoms with E-state index >= 15 is 0 Å². The standard InChI is InChI=1S/C14H20FN/c1-3-6-16-13-8-11(9-13)14-5-4-12(15)7-10(14)2/h4-5,7,11,13,16H,3,6,8-9H2,1-2H3. The molecule has 1 aromatic carbocycles. The number of nitrogens with one attached hydrogen (secondary N) is 1. The second-order valence-corrected chi connectivity index (χ2v) is 4.82. The van der Waals surface area contributed by atoms with Crippen LogP contribution >= 0.6 is 0 Å². The van der Waals surface area contributed by atoms with Crippen LogP contribution in [0.3, 0.4) is 0 Å². The average Bonchev–Trinajstić information content (AvgIpc) is 2.18. The molecule has 1 aliphatic carbocycles. The third-order valence-electron chi connectivity index (χ3n) is 3.49. The lowest BCUT2D eigenvalue weighted by Crippen LogP contribution is -2.40. The Labute approximate surface area is 97.1 Å². The molecule has 1 aromatic rings. The van der Waals surface area contributed by atoms with E-state index in [9.17, 15) is 4.39 Å². The molecule has 0 amide bonds. The molecule has 0 aromatic heterocycles. The molecule has 0 atom stereocenters. The molecule has 1 nitrogen and oxygen atoms in total. The summed E-state index contributed by atoms with van der Waals surface area (Å²) in [6, 6.07) is 5.84. The lowest BCUT2D eigenvalue weighted by atomic mass is 9.74. The van der Waals surface area contributed by atoms with Gasteiger partial charge in [-0.15, -0.1) is 0 Å². The summed E-state index contributed by atoms with van der Waals surface area (Å²) in [6.45, 7) is 5.30. The van der Waals surface area contributed by atoms with E-state index < -0.39 is 0 Å². The number of hydrogen-bond acceptors (Lipinski definition) is 1. The van der Waals surface area contributed by atoms with E-state index in [2.05, 4.69) is 12.2 Å². The molecule has 0 spiro atoms. The van der Waals surface area contributed by atoms with Crippen LogP contribution in [0, 0.1) is 12.7 Å². The van der Waals surface area contributed by atoms with Crippen LogP contribution in [0.5, 0.6) is 0 Å². The maximum absolute atomic E-state index is 13.0. The van der Waals surface area contributed by atoms with Gasteiger partial charge < -0.3 is 5.32 Å². The summed E-state index contributed by atoms with van der Waals surface area (Å²) in [6.07, 6.45) is 3.59. The Morgan fingerprint density at radius 3 is 2.75 bits per heavy atom. The predicted molar refractivity (Wildman–Crippen MR) is 65.2 cm³/mol. The van der Waals surface area contributed by atoms with E-state index in [0.717, 1.165) is 12.1 Å². The molecule has 88 valence electrons. The van der Waals surface area contributed by atoms with Crippen molar-refractivity contribution in [2.75, 3.05) is 6.54 Å². The van der Waals surface area contributed by atoms with Crippen LogP contribution < -0.4 is 5.32 Å². The Hall–Kier alpha value is -0.890. The highest BCUT2D eigenvalue weighted by Crippen LogP contribution is 2.38. The molecule has 1 saturated carbocycles. The molecule has 0 radical (unpaired) electrons. The van der Waals surface area contributed by atoms with Gasteiger partial charge in [-0.25, -0.2) is 4.39 Å². The van der Waals surface area contributed by atoms with Gasteiger partial charge in [-0.3, -0.25) is 0 Å². The topological polar surface area (TPSA) is 12.0 Å². The molecule has 0 heterocycles. The summed E-state index contributed by atoms with van der Waals surface area (Å²) < 4.78 is 13.0. The molecule has 1 aliphatic rings.